The molecule has 35 heavy (non-hydrogen) atoms. The molecule has 186 valence electrons. The van der Waals surface area contributed by atoms with Gasteiger partial charge in [-0.15, -0.1) is 0 Å². The normalized spacial score (nSPS) is 12.3. The molecule has 1 heterocycles. The van der Waals surface area contributed by atoms with Gasteiger partial charge in [-0.25, -0.2) is 9.59 Å². The molecular formula is C27H33N3O5. The maximum atomic E-state index is 12.9. The van der Waals surface area contributed by atoms with Crippen LogP contribution in [0, 0.1) is 0 Å². The van der Waals surface area contributed by atoms with Gasteiger partial charge in [0.05, 0.1) is 11.1 Å². The van der Waals surface area contributed by atoms with E-state index in [-0.39, 0.29) is 11.3 Å². The molecule has 0 atom stereocenters. The van der Waals surface area contributed by atoms with Crippen molar-refractivity contribution in [2.24, 2.45) is 0 Å². The Kier molecular flexibility index (Phi) is 6.79. The molecule has 0 aliphatic rings. The molecule has 2 N–H and O–H groups in total. The van der Waals surface area contributed by atoms with Gasteiger partial charge in [0, 0.05) is 5.39 Å². The van der Waals surface area contributed by atoms with Gasteiger partial charge in [-0.2, -0.15) is 5.10 Å². The van der Waals surface area contributed by atoms with Gasteiger partial charge in [0.2, 0.25) is 0 Å². The second-order valence-corrected chi connectivity index (χ2v) is 11.0. The lowest BCUT2D eigenvalue weighted by atomic mass is 9.91. The fraction of sp³-hybridized carbons (Fsp3) is 0.407. The van der Waals surface area contributed by atoms with Gasteiger partial charge >= 0.3 is 12.1 Å². The Bertz CT molecular complexity index is 1260. The summed E-state index contributed by atoms with van der Waals surface area (Å²) in [6.07, 6.45) is 0.173. The Morgan fingerprint density at radius 2 is 1.49 bits per heavy atom. The lowest BCUT2D eigenvalue weighted by Crippen LogP contribution is -2.43. The van der Waals surface area contributed by atoms with Crippen molar-refractivity contribution in [1.82, 2.24) is 15.5 Å². The van der Waals surface area contributed by atoms with Crippen LogP contribution in [0.15, 0.2) is 36.4 Å². The van der Waals surface area contributed by atoms with Gasteiger partial charge in [0.1, 0.15) is 22.4 Å². The van der Waals surface area contributed by atoms with Crippen molar-refractivity contribution in [1.29, 1.82) is 0 Å². The SMILES string of the molecule is CC(C)(C)OC(=O)NC(C)(C)c1ccc(-c2cc(C(=O)OC(C)(C)C)c3n[nH]c(C=O)c3c2)cc1. The molecule has 1 amide bonds. The van der Waals surface area contributed by atoms with E-state index in [0.717, 1.165) is 16.7 Å². The molecule has 8 heteroatoms. The van der Waals surface area contributed by atoms with Crippen molar-refractivity contribution in [2.45, 2.75) is 72.1 Å². The number of aromatic nitrogens is 2. The third-order valence-electron chi connectivity index (χ3n) is 5.18. The Morgan fingerprint density at radius 1 is 0.886 bits per heavy atom. The number of carbonyl (C=O) groups is 3. The van der Waals surface area contributed by atoms with Crippen LogP contribution in [0.2, 0.25) is 0 Å². The minimum atomic E-state index is -0.683. The fourth-order valence-electron chi connectivity index (χ4n) is 3.59. The molecule has 0 aliphatic carbocycles. The number of alkyl carbamates (subject to hydrolysis) is 1. The first-order valence-corrected chi connectivity index (χ1v) is 11.4. The van der Waals surface area contributed by atoms with Crippen LogP contribution < -0.4 is 5.32 Å². The number of carbonyl (C=O) groups excluding carboxylic acids is 3. The van der Waals surface area contributed by atoms with Gasteiger partial charge in [-0.3, -0.25) is 9.89 Å². The smallest absolute Gasteiger partial charge is 0.408 e. The van der Waals surface area contributed by atoms with E-state index >= 15 is 0 Å². The van der Waals surface area contributed by atoms with Crippen molar-refractivity contribution in [2.75, 3.05) is 0 Å². The molecule has 3 aromatic rings. The van der Waals surface area contributed by atoms with Crippen LogP contribution in [0.5, 0.6) is 0 Å². The van der Waals surface area contributed by atoms with Crippen molar-refractivity contribution in [3.8, 4) is 11.1 Å². The first kappa shape index (κ1) is 25.9. The highest BCUT2D eigenvalue weighted by Gasteiger charge is 2.27. The number of H-pyrrole nitrogens is 1. The second-order valence-electron chi connectivity index (χ2n) is 11.0. The largest absolute Gasteiger partial charge is 0.456 e. The fourth-order valence-corrected chi connectivity index (χ4v) is 3.59. The summed E-state index contributed by atoms with van der Waals surface area (Å²) in [7, 11) is 0. The summed E-state index contributed by atoms with van der Waals surface area (Å²) < 4.78 is 10.9. The number of hydrogen-bond acceptors (Lipinski definition) is 6. The summed E-state index contributed by atoms with van der Waals surface area (Å²) in [6.45, 7) is 14.6. The number of nitrogens with zero attached hydrogens (tertiary/aromatic N) is 1. The predicted octanol–water partition coefficient (Wildman–Crippen LogP) is 5.76. The summed E-state index contributed by atoms with van der Waals surface area (Å²) in [5.74, 6) is -0.521. The van der Waals surface area contributed by atoms with E-state index in [9.17, 15) is 14.4 Å². The highest BCUT2D eigenvalue weighted by atomic mass is 16.6. The average molecular weight is 480 g/mol. The Labute approximate surface area is 205 Å². The van der Waals surface area contributed by atoms with Crippen LogP contribution >= 0.6 is 0 Å². The first-order chi connectivity index (χ1) is 16.1. The lowest BCUT2D eigenvalue weighted by Gasteiger charge is -2.29. The van der Waals surface area contributed by atoms with Gasteiger partial charge in [-0.1, -0.05) is 24.3 Å². The van der Waals surface area contributed by atoms with Gasteiger partial charge in [-0.05, 0) is 84.2 Å². The Morgan fingerprint density at radius 3 is 2.03 bits per heavy atom. The molecule has 0 unspecified atom stereocenters. The second kappa shape index (κ2) is 9.17. The molecule has 0 saturated carbocycles. The lowest BCUT2D eigenvalue weighted by molar-refractivity contribution is 0.00711. The number of hydrogen-bond donors (Lipinski definition) is 2. The van der Waals surface area contributed by atoms with E-state index in [0.29, 0.717) is 17.2 Å². The number of nitrogens with one attached hydrogen (secondary N) is 2. The molecular weight excluding hydrogens is 446 g/mol. The van der Waals surface area contributed by atoms with E-state index in [1.54, 1.807) is 26.8 Å². The topological polar surface area (TPSA) is 110 Å². The molecule has 0 saturated heterocycles. The molecule has 8 nitrogen and oxygen atoms in total. The Hall–Kier alpha value is -3.68. The van der Waals surface area contributed by atoms with Crippen molar-refractivity contribution >= 4 is 29.3 Å². The number of aldehydes is 1. The molecule has 0 bridgehead atoms. The summed E-state index contributed by atoms with van der Waals surface area (Å²) in [5.41, 5.74) is 1.40. The molecule has 1 aromatic heterocycles. The van der Waals surface area contributed by atoms with E-state index in [2.05, 4.69) is 15.5 Å². The van der Waals surface area contributed by atoms with Crippen LogP contribution in [0.4, 0.5) is 4.79 Å². The molecule has 2 aromatic carbocycles. The van der Waals surface area contributed by atoms with E-state index < -0.39 is 28.8 Å². The maximum Gasteiger partial charge on any atom is 0.408 e. The minimum absolute atomic E-state index is 0.271. The van der Waals surface area contributed by atoms with Crippen LogP contribution in [-0.4, -0.2) is 39.7 Å². The zero-order valence-electron chi connectivity index (χ0n) is 21.5. The van der Waals surface area contributed by atoms with E-state index in [4.69, 9.17) is 9.47 Å². The highest BCUT2D eigenvalue weighted by Crippen LogP contribution is 2.31. The predicted molar refractivity (Wildman–Crippen MR) is 134 cm³/mol. The number of fused-ring (bicyclic) bond motifs is 1. The van der Waals surface area contributed by atoms with Crippen LogP contribution in [0.1, 0.15) is 81.8 Å². The molecule has 0 radical (unpaired) electrons. The zero-order chi connectivity index (χ0) is 26.2. The average Bonchev–Trinajstić information content (AvgIpc) is 3.13. The standard InChI is InChI=1S/C27H33N3O5/c1-25(2,3)34-23(32)20-14-17(13-19-21(15-31)29-30-22(19)20)16-9-11-18(12-10-16)27(7,8)28-24(33)35-26(4,5)6/h9-15H,1-8H3,(H,28,33)(H,29,30). The number of ether oxygens (including phenoxy) is 2. The van der Waals surface area contributed by atoms with Gasteiger partial charge in [0.25, 0.3) is 0 Å². The number of benzene rings is 2. The quantitative estimate of drug-likeness (QED) is 0.356. The van der Waals surface area contributed by atoms with Crippen LogP contribution in [0.3, 0.4) is 0 Å². The third-order valence-corrected chi connectivity index (χ3v) is 5.18. The molecule has 0 fully saturated rings. The van der Waals surface area contributed by atoms with Crippen molar-refractivity contribution < 1.29 is 23.9 Å². The summed E-state index contributed by atoms with van der Waals surface area (Å²) in [5, 5.41) is 10.3. The van der Waals surface area contributed by atoms with Crippen molar-refractivity contribution in [3.05, 3.63) is 53.2 Å². The van der Waals surface area contributed by atoms with E-state index in [1.165, 1.54) is 0 Å². The van der Waals surface area contributed by atoms with Gasteiger partial charge in [0.15, 0.2) is 6.29 Å². The zero-order valence-corrected chi connectivity index (χ0v) is 21.5. The summed E-state index contributed by atoms with van der Waals surface area (Å²) in [4.78, 5) is 36.7. The Balaban J connectivity index is 1.98. The number of aromatic amines is 1. The summed E-state index contributed by atoms with van der Waals surface area (Å²) >= 11 is 0. The first-order valence-electron chi connectivity index (χ1n) is 11.4. The van der Waals surface area contributed by atoms with E-state index in [1.807, 2.05) is 65.0 Å². The molecule has 0 spiro atoms. The molecule has 0 aliphatic heterocycles. The van der Waals surface area contributed by atoms with Crippen molar-refractivity contribution in [3.63, 3.8) is 0 Å². The third kappa shape index (κ3) is 6.26. The number of rotatable bonds is 5. The number of esters is 1. The monoisotopic (exact) mass is 479 g/mol. The van der Waals surface area contributed by atoms with Gasteiger partial charge < -0.3 is 14.8 Å². The summed E-state index contributed by atoms with van der Waals surface area (Å²) in [6, 6.07) is 11.1. The highest BCUT2D eigenvalue weighted by molar-refractivity contribution is 6.08. The number of amides is 1. The van der Waals surface area contributed by atoms with Crippen LogP contribution in [-0.2, 0) is 15.0 Å². The minimum Gasteiger partial charge on any atom is -0.456 e. The van der Waals surface area contributed by atoms with Crippen LogP contribution in [0.25, 0.3) is 22.0 Å². The molecule has 3 rings (SSSR count). The maximum absolute atomic E-state index is 12.9.